The zero-order valence-electron chi connectivity index (χ0n) is 17.5. The van der Waals surface area contributed by atoms with Gasteiger partial charge in [-0.05, 0) is 12.1 Å². The summed E-state index contributed by atoms with van der Waals surface area (Å²) in [4.78, 5) is 24.4. The van der Waals surface area contributed by atoms with Crippen LogP contribution in [0.2, 0.25) is 0 Å². The van der Waals surface area contributed by atoms with Crippen LogP contribution in [0.4, 0.5) is 23.4 Å². The second-order valence-electron chi connectivity index (χ2n) is 7.23. The van der Waals surface area contributed by atoms with Gasteiger partial charge in [-0.25, -0.2) is 9.97 Å². The average Bonchev–Trinajstić information content (AvgIpc) is 2.84. The summed E-state index contributed by atoms with van der Waals surface area (Å²) in [7, 11) is 1.54. The number of ether oxygens (including phenoxy) is 2. The molecule has 0 radical (unpaired) electrons. The van der Waals surface area contributed by atoms with E-state index in [0.29, 0.717) is 55.2 Å². The highest BCUT2D eigenvalue weighted by Gasteiger charge is 2.19. The first kappa shape index (κ1) is 19.9. The first-order valence-corrected chi connectivity index (χ1v) is 10.2. The van der Waals surface area contributed by atoms with Crippen molar-refractivity contribution in [3.63, 3.8) is 0 Å². The number of nitrogens with one attached hydrogen (secondary N) is 1. The number of nitrogens with zero attached hydrogens (tertiary/aromatic N) is 6. The predicted molar refractivity (Wildman–Crippen MR) is 122 cm³/mol. The van der Waals surface area contributed by atoms with Gasteiger partial charge in [0.05, 0.1) is 49.0 Å². The lowest BCUT2D eigenvalue weighted by molar-refractivity contribution is 0.122. The lowest BCUT2D eigenvalue weighted by Crippen LogP contribution is -2.37. The van der Waals surface area contributed by atoms with Crippen molar-refractivity contribution in [2.75, 3.05) is 49.4 Å². The van der Waals surface area contributed by atoms with Crippen LogP contribution < -0.4 is 20.7 Å². The van der Waals surface area contributed by atoms with Gasteiger partial charge in [-0.15, -0.1) is 0 Å². The number of para-hydroxylation sites is 1. The van der Waals surface area contributed by atoms with Crippen molar-refractivity contribution in [2.45, 2.75) is 0 Å². The number of anilines is 4. The summed E-state index contributed by atoms with van der Waals surface area (Å²) in [5.41, 5.74) is 8.72. The summed E-state index contributed by atoms with van der Waals surface area (Å²) in [6.45, 7) is 2.66. The van der Waals surface area contributed by atoms with Crippen molar-refractivity contribution in [1.29, 1.82) is 0 Å². The summed E-state index contributed by atoms with van der Waals surface area (Å²) in [5.74, 6) is 1.68. The lowest BCUT2D eigenvalue weighted by Gasteiger charge is -2.27. The normalized spacial score (nSPS) is 13.8. The number of hydrogen-bond donors (Lipinski definition) is 2. The van der Waals surface area contributed by atoms with E-state index >= 15 is 0 Å². The fourth-order valence-electron chi connectivity index (χ4n) is 3.54. The van der Waals surface area contributed by atoms with Crippen LogP contribution in [0.25, 0.3) is 22.2 Å². The molecule has 5 rings (SSSR count). The number of nitrogen functional groups attached to an aromatic ring is 1. The van der Waals surface area contributed by atoms with Gasteiger partial charge < -0.3 is 25.4 Å². The fourth-order valence-corrected chi connectivity index (χ4v) is 3.54. The molecule has 1 aromatic carbocycles. The molecule has 1 aliphatic heterocycles. The number of methoxy groups -OCH3 is 1. The molecule has 10 heteroatoms. The lowest BCUT2D eigenvalue weighted by atomic mass is 10.2. The summed E-state index contributed by atoms with van der Waals surface area (Å²) in [5, 5.41) is 4.39. The van der Waals surface area contributed by atoms with Crippen molar-refractivity contribution >= 4 is 34.3 Å². The molecule has 10 nitrogen and oxygen atoms in total. The van der Waals surface area contributed by atoms with E-state index in [0.717, 1.165) is 16.6 Å². The van der Waals surface area contributed by atoms with Crippen LogP contribution in [0.1, 0.15) is 0 Å². The van der Waals surface area contributed by atoms with Crippen molar-refractivity contribution in [1.82, 2.24) is 24.9 Å². The summed E-state index contributed by atoms with van der Waals surface area (Å²) < 4.78 is 10.9. The van der Waals surface area contributed by atoms with Gasteiger partial charge in [-0.1, -0.05) is 18.2 Å². The Kier molecular flexibility index (Phi) is 5.34. The van der Waals surface area contributed by atoms with Gasteiger partial charge in [0.25, 0.3) is 0 Å². The maximum atomic E-state index is 5.73. The van der Waals surface area contributed by atoms with Crippen LogP contribution >= 0.6 is 0 Å². The number of benzene rings is 1. The number of nitrogens with two attached hydrogens (primary N) is 1. The largest absolute Gasteiger partial charge is 0.480 e. The second kappa shape index (κ2) is 8.60. The fraction of sp³-hybridized carbons (Fsp3) is 0.227. The highest BCUT2D eigenvalue weighted by Crippen LogP contribution is 2.30. The molecular weight excluding hydrogens is 408 g/mol. The van der Waals surface area contributed by atoms with Crippen molar-refractivity contribution < 1.29 is 9.47 Å². The third-order valence-electron chi connectivity index (χ3n) is 5.11. The van der Waals surface area contributed by atoms with Gasteiger partial charge >= 0.3 is 0 Å². The van der Waals surface area contributed by atoms with E-state index in [2.05, 4.69) is 25.2 Å². The molecule has 1 aliphatic rings. The van der Waals surface area contributed by atoms with Gasteiger partial charge in [-0.2, -0.15) is 9.97 Å². The molecular formula is C22H22N8O2. The Morgan fingerprint density at radius 1 is 1.03 bits per heavy atom. The topological polar surface area (TPSA) is 124 Å². The number of morpholine rings is 1. The van der Waals surface area contributed by atoms with Crippen LogP contribution in [0.3, 0.4) is 0 Å². The SMILES string of the molecule is COc1nc(N)ncc1-c1cc(Nc2cnc3ccccc3c2)nc(N2CCOCC2)n1. The molecule has 0 bridgehead atoms. The van der Waals surface area contributed by atoms with E-state index < -0.39 is 0 Å². The van der Waals surface area contributed by atoms with Crippen LogP contribution in [-0.2, 0) is 4.74 Å². The molecule has 0 unspecified atom stereocenters. The number of rotatable bonds is 5. The van der Waals surface area contributed by atoms with Crippen molar-refractivity contribution in [3.05, 3.63) is 48.8 Å². The molecule has 0 aliphatic carbocycles. The first-order valence-electron chi connectivity index (χ1n) is 10.2. The minimum Gasteiger partial charge on any atom is -0.480 e. The van der Waals surface area contributed by atoms with E-state index in [1.165, 1.54) is 7.11 Å². The average molecular weight is 430 g/mol. The first-order chi connectivity index (χ1) is 15.7. The molecule has 0 atom stereocenters. The van der Waals surface area contributed by atoms with Gasteiger partial charge in [0.2, 0.25) is 17.8 Å². The van der Waals surface area contributed by atoms with Crippen LogP contribution in [0, 0.1) is 0 Å². The molecule has 1 fully saturated rings. The highest BCUT2D eigenvalue weighted by molar-refractivity contribution is 5.82. The van der Waals surface area contributed by atoms with Gasteiger partial charge in [-0.3, -0.25) is 4.98 Å². The van der Waals surface area contributed by atoms with Crippen LogP contribution in [-0.4, -0.2) is 58.3 Å². The summed E-state index contributed by atoms with van der Waals surface area (Å²) in [6.07, 6.45) is 3.39. The molecule has 3 N–H and O–H groups in total. The molecule has 4 heterocycles. The van der Waals surface area contributed by atoms with E-state index in [4.69, 9.17) is 25.2 Å². The van der Waals surface area contributed by atoms with E-state index in [1.54, 1.807) is 12.4 Å². The monoisotopic (exact) mass is 430 g/mol. The molecule has 0 amide bonds. The number of aromatic nitrogens is 5. The Labute approximate surface area is 184 Å². The molecule has 0 spiro atoms. The van der Waals surface area contributed by atoms with Crippen LogP contribution in [0.15, 0.2) is 48.8 Å². The second-order valence-corrected chi connectivity index (χ2v) is 7.23. The zero-order valence-corrected chi connectivity index (χ0v) is 17.5. The highest BCUT2D eigenvalue weighted by atomic mass is 16.5. The maximum absolute atomic E-state index is 5.73. The Balaban J connectivity index is 1.57. The van der Waals surface area contributed by atoms with Crippen LogP contribution in [0.5, 0.6) is 5.88 Å². The van der Waals surface area contributed by atoms with Crippen molar-refractivity contribution in [2.24, 2.45) is 0 Å². The van der Waals surface area contributed by atoms with E-state index in [9.17, 15) is 0 Å². The molecule has 3 aromatic heterocycles. The molecule has 32 heavy (non-hydrogen) atoms. The Morgan fingerprint density at radius 3 is 2.72 bits per heavy atom. The Hall–Kier alpha value is -4.05. The molecule has 4 aromatic rings. The third kappa shape index (κ3) is 4.08. The van der Waals surface area contributed by atoms with Crippen molar-refractivity contribution in [3.8, 4) is 17.1 Å². The number of pyridine rings is 1. The van der Waals surface area contributed by atoms with E-state index in [1.807, 2.05) is 36.4 Å². The van der Waals surface area contributed by atoms with Gasteiger partial charge in [0.1, 0.15) is 5.82 Å². The predicted octanol–water partition coefficient (Wildman–Crippen LogP) is 2.65. The third-order valence-corrected chi connectivity index (χ3v) is 5.11. The Morgan fingerprint density at radius 2 is 1.88 bits per heavy atom. The smallest absolute Gasteiger partial charge is 0.228 e. The maximum Gasteiger partial charge on any atom is 0.228 e. The van der Waals surface area contributed by atoms with Gasteiger partial charge in [0, 0.05) is 30.7 Å². The zero-order chi connectivity index (χ0) is 21.9. The molecule has 0 saturated carbocycles. The minimum atomic E-state index is 0.133. The number of fused-ring (bicyclic) bond motifs is 1. The van der Waals surface area contributed by atoms with E-state index in [-0.39, 0.29) is 5.95 Å². The quantitative estimate of drug-likeness (QED) is 0.488. The standard InChI is InChI=1S/C22H22N8O2/c1-31-20-16(13-25-21(23)29-20)18-11-19(28-22(27-18)30-6-8-32-9-7-30)26-15-10-14-4-2-3-5-17(14)24-12-15/h2-5,10-13H,6-9H2,1H3,(H2,23,25,29)(H,26,27,28). The van der Waals surface area contributed by atoms with Gasteiger partial charge in [0.15, 0.2) is 0 Å². The Bertz CT molecular complexity index is 1260. The molecule has 1 saturated heterocycles. The molecule has 162 valence electrons. The summed E-state index contributed by atoms with van der Waals surface area (Å²) in [6, 6.07) is 11.8. The number of hydrogen-bond acceptors (Lipinski definition) is 10. The minimum absolute atomic E-state index is 0.133. The summed E-state index contributed by atoms with van der Waals surface area (Å²) >= 11 is 0.